The van der Waals surface area contributed by atoms with Crippen molar-refractivity contribution in [1.29, 1.82) is 0 Å². The third-order valence-corrected chi connectivity index (χ3v) is 5.46. The average Bonchev–Trinajstić information content (AvgIpc) is 2.88. The van der Waals surface area contributed by atoms with Crippen molar-refractivity contribution in [3.05, 3.63) is 23.8 Å². The molecule has 0 radical (unpaired) electrons. The Kier molecular flexibility index (Phi) is 4.14. The van der Waals surface area contributed by atoms with Crippen molar-refractivity contribution in [1.82, 2.24) is 9.80 Å². The Labute approximate surface area is 135 Å². The van der Waals surface area contributed by atoms with Crippen LogP contribution >= 0.6 is 11.8 Å². The van der Waals surface area contributed by atoms with Crippen molar-refractivity contribution in [3.63, 3.8) is 0 Å². The summed E-state index contributed by atoms with van der Waals surface area (Å²) in [5, 5.41) is 2.84. The lowest BCUT2D eigenvalue weighted by Gasteiger charge is -2.22. The van der Waals surface area contributed by atoms with E-state index in [4.69, 9.17) is 0 Å². The minimum atomic E-state index is -0.00966. The molecule has 1 saturated heterocycles. The second-order valence-corrected chi connectivity index (χ2v) is 7.28. The molecule has 0 aliphatic carbocycles. The summed E-state index contributed by atoms with van der Waals surface area (Å²) in [6, 6.07) is 5.99. The zero-order valence-corrected chi connectivity index (χ0v) is 13.9. The molecule has 5 nitrogen and oxygen atoms in total. The first kappa shape index (κ1) is 15.4. The largest absolute Gasteiger partial charge is 0.337 e. The Hall–Kier alpha value is -1.53. The Bertz CT molecular complexity index is 617. The molecule has 2 heterocycles. The van der Waals surface area contributed by atoms with Gasteiger partial charge in [0.1, 0.15) is 0 Å². The summed E-state index contributed by atoms with van der Waals surface area (Å²) in [6.07, 6.45) is 0. The molecule has 1 fully saturated rings. The molecule has 2 aliphatic heterocycles. The number of likely N-dealkylation sites (tertiary alicyclic amines) is 1. The molecule has 3 rings (SSSR count). The fraction of sp³-hybridized carbons (Fsp3) is 0.500. The summed E-state index contributed by atoms with van der Waals surface area (Å²) in [4.78, 5) is 29.3. The molecule has 2 amide bonds. The quantitative estimate of drug-likeness (QED) is 0.902. The van der Waals surface area contributed by atoms with E-state index in [1.54, 1.807) is 6.07 Å². The van der Waals surface area contributed by atoms with Gasteiger partial charge in [0.2, 0.25) is 5.91 Å². The molecular weight excluding hydrogens is 298 g/mol. The molecule has 22 heavy (non-hydrogen) atoms. The molecule has 1 N–H and O–H groups in total. The van der Waals surface area contributed by atoms with Gasteiger partial charge in [-0.2, -0.15) is 0 Å². The van der Waals surface area contributed by atoms with Gasteiger partial charge in [-0.25, -0.2) is 0 Å². The topological polar surface area (TPSA) is 52.7 Å². The standard InChI is InChI=1S/C16H21N3O2S/c1-10-7-19(8-13(10)18(2)3)16(21)11-4-5-14-12(6-11)17-15(20)9-22-14/h4-6,10,13H,7-9H2,1-3H3,(H,17,20)/t10-,13-/m1/s1. The van der Waals surface area contributed by atoms with E-state index in [-0.39, 0.29) is 11.8 Å². The maximum absolute atomic E-state index is 12.7. The van der Waals surface area contributed by atoms with Gasteiger partial charge in [-0.3, -0.25) is 9.59 Å². The van der Waals surface area contributed by atoms with Crippen molar-refractivity contribution >= 4 is 29.3 Å². The monoisotopic (exact) mass is 319 g/mol. The van der Waals surface area contributed by atoms with Crippen molar-refractivity contribution < 1.29 is 9.59 Å². The number of rotatable bonds is 2. The van der Waals surface area contributed by atoms with Crippen LogP contribution in [-0.4, -0.2) is 60.6 Å². The lowest BCUT2D eigenvalue weighted by molar-refractivity contribution is -0.113. The molecule has 2 aliphatic rings. The van der Waals surface area contributed by atoms with Gasteiger partial charge in [0.15, 0.2) is 0 Å². The van der Waals surface area contributed by atoms with Crippen LogP contribution < -0.4 is 5.32 Å². The first-order valence-electron chi connectivity index (χ1n) is 7.48. The van der Waals surface area contributed by atoms with Crippen molar-refractivity contribution in [2.45, 2.75) is 17.9 Å². The van der Waals surface area contributed by atoms with Crippen LogP contribution in [-0.2, 0) is 4.79 Å². The molecule has 2 atom stereocenters. The minimum Gasteiger partial charge on any atom is -0.337 e. The Balaban J connectivity index is 1.79. The summed E-state index contributed by atoms with van der Waals surface area (Å²) >= 11 is 1.51. The number of hydrogen-bond donors (Lipinski definition) is 1. The van der Waals surface area contributed by atoms with Crippen molar-refractivity contribution in [2.75, 3.05) is 38.3 Å². The Morgan fingerprint density at radius 2 is 2.14 bits per heavy atom. The summed E-state index contributed by atoms with van der Waals surface area (Å²) in [6.45, 7) is 3.72. The molecule has 118 valence electrons. The number of anilines is 1. The number of nitrogens with one attached hydrogen (secondary N) is 1. The molecule has 0 aromatic heterocycles. The number of nitrogens with zero attached hydrogens (tertiary/aromatic N) is 2. The van der Waals surface area contributed by atoms with Crippen molar-refractivity contribution in [2.24, 2.45) is 5.92 Å². The fourth-order valence-corrected chi connectivity index (χ4v) is 3.97. The van der Waals surface area contributed by atoms with E-state index in [9.17, 15) is 9.59 Å². The van der Waals surface area contributed by atoms with E-state index in [0.717, 1.165) is 23.7 Å². The zero-order valence-electron chi connectivity index (χ0n) is 13.1. The molecular formula is C16H21N3O2S. The summed E-state index contributed by atoms with van der Waals surface area (Å²) in [5.74, 6) is 0.939. The van der Waals surface area contributed by atoms with E-state index in [0.29, 0.717) is 23.3 Å². The summed E-state index contributed by atoms with van der Waals surface area (Å²) < 4.78 is 0. The highest BCUT2D eigenvalue weighted by atomic mass is 32.2. The molecule has 0 saturated carbocycles. The van der Waals surface area contributed by atoms with Gasteiger partial charge < -0.3 is 15.1 Å². The predicted molar refractivity (Wildman–Crippen MR) is 88.3 cm³/mol. The summed E-state index contributed by atoms with van der Waals surface area (Å²) in [7, 11) is 4.11. The molecule has 0 spiro atoms. The van der Waals surface area contributed by atoms with Crippen LogP contribution in [0.4, 0.5) is 5.69 Å². The van der Waals surface area contributed by atoms with Gasteiger partial charge >= 0.3 is 0 Å². The van der Waals surface area contributed by atoms with Gasteiger partial charge in [-0.15, -0.1) is 11.8 Å². The normalized spacial score (nSPS) is 24.4. The third-order valence-electron chi connectivity index (χ3n) is 4.38. The Morgan fingerprint density at radius 3 is 2.82 bits per heavy atom. The van der Waals surface area contributed by atoms with E-state index < -0.39 is 0 Å². The highest BCUT2D eigenvalue weighted by molar-refractivity contribution is 8.00. The second-order valence-electron chi connectivity index (χ2n) is 6.27. The van der Waals surface area contributed by atoms with Gasteiger partial charge in [0.25, 0.3) is 5.91 Å². The number of likely N-dealkylation sites (N-methyl/N-ethyl adjacent to an activating group) is 1. The maximum atomic E-state index is 12.7. The van der Waals surface area contributed by atoms with Crippen LogP contribution in [0.15, 0.2) is 23.1 Å². The van der Waals surface area contributed by atoms with Gasteiger partial charge in [0, 0.05) is 29.6 Å². The van der Waals surface area contributed by atoms with Crippen LogP contribution in [0.25, 0.3) is 0 Å². The lowest BCUT2D eigenvalue weighted by Crippen LogP contribution is -2.35. The zero-order chi connectivity index (χ0) is 15.9. The van der Waals surface area contributed by atoms with Crippen LogP contribution in [0.5, 0.6) is 0 Å². The number of amides is 2. The smallest absolute Gasteiger partial charge is 0.253 e. The number of carbonyl (C=O) groups excluding carboxylic acids is 2. The molecule has 6 heteroatoms. The number of thioether (sulfide) groups is 1. The highest BCUT2D eigenvalue weighted by Crippen LogP contribution is 2.32. The molecule has 0 bridgehead atoms. The first-order valence-corrected chi connectivity index (χ1v) is 8.46. The van der Waals surface area contributed by atoms with Gasteiger partial charge in [-0.05, 0) is 38.2 Å². The number of hydrogen-bond acceptors (Lipinski definition) is 4. The van der Waals surface area contributed by atoms with E-state index in [1.165, 1.54) is 11.8 Å². The second kappa shape index (κ2) is 5.93. The molecule has 0 unspecified atom stereocenters. The minimum absolute atomic E-state index is 0.00966. The van der Waals surface area contributed by atoms with Crippen LogP contribution in [0.3, 0.4) is 0 Å². The van der Waals surface area contributed by atoms with Crippen LogP contribution in [0, 0.1) is 5.92 Å². The average molecular weight is 319 g/mol. The highest BCUT2D eigenvalue weighted by Gasteiger charge is 2.34. The third kappa shape index (κ3) is 2.85. The number of benzene rings is 1. The van der Waals surface area contributed by atoms with E-state index >= 15 is 0 Å². The van der Waals surface area contributed by atoms with E-state index in [2.05, 4.69) is 31.2 Å². The van der Waals surface area contributed by atoms with Gasteiger partial charge in [0.05, 0.1) is 11.4 Å². The number of carbonyl (C=O) groups is 2. The maximum Gasteiger partial charge on any atom is 0.253 e. The summed E-state index contributed by atoms with van der Waals surface area (Å²) in [5.41, 5.74) is 1.40. The first-order chi connectivity index (χ1) is 10.5. The Morgan fingerprint density at radius 1 is 1.36 bits per heavy atom. The molecule has 1 aromatic carbocycles. The molecule has 1 aromatic rings. The fourth-order valence-electron chi connectivity index (χ4n) is 3.19. The van der Waals surface area contributed by atoms with Gasteiger partial charge in [-0.1, -0.05) is 6.92 Å². The van der Waals surface area contributed by atoms with Crippen molar-refractivity contribution in [3.8, 4) is 0 Å². The van der Waals surface area contributed by atoms with E-state index in [1.807, 2.05) is 17.0 Å². The lowest BCUT2D eigenvalue weighted by atomic mass is 10.1. The predicted octanol–water partition coefficient (Wildman–Crippen LogP) is 1.75. The van der Waals surface area contributed by atoms with Crippen LogP contribution in [0.2, 0.25) is 0 Å². The van der Waals surface area contributed by atoms with Crippen LogP contribution in [0.1, 0.15) is 17.3 Å². The number of fused-ring (bicyclic) bond motifs is 1. The SMILES string of the molecule is C[C@@H]1CN(C(=O)c2ccc3c(c2)NC(=O)CS3)C[C@H]1N(C)C.